The molecule has 0 spiro atoms. The number of nitrogens with one attached hydrogen (secondary N) is 2. The zero-order valence-corrected chi connectivity index (χ0v) is 8.92. The quantitative estimate of drug-likeness (QED) is 0.830. The van der Waals surface area contributed by atoms with Crippen LogP contribution in [0.2, 0.25) is 0 Å². The van der Waals surface area contributed by atoms with Crippen LogP contribution in [0.25, 0.3) is 0 Å². The van der Waals surface area contributed by atoms with E-state index >= 15 is 0 Å². The van der Waals surface area contributed by atoms with Gasteiger partial charge in [0.1, 0.15) is 6.04 Å². The SMILES string of the molecule is N#CC(NC(=O)c1cn[nH]c1)c1ccccc1. The zero-order chi connectivity index (χ0) is 12.1. The normalized spacial score (nSPS) is 11.5. The third kappa shape index (κ3) is 2.49. The number of aromatic amines is 1. The molecule has 1 unspecified atom stereocenters. The molecule has 0 saturated carbocycles. The molecule has 0 bridgehead atoms. The number of carbonyl (C=O) groups excluding carboxylic acids is 1. The number of H-pyrrole nitrogens is 1. The summed E-state index contributed by atoms with van der Waals surface area (Å²) in [6.07, 6.45) is 2.89. The molecule has 0 aliphatic carbocycles. The lowest BCUT2D eigenvalue weighted by Crippen LogP contribution is -2.27. The van der Waals surface area contributed by atoms with Crippen molar-refractivity contribution in [1.82, 2.24) is 15.5 Å². The lowest BCUT2D eigenvalue weighted by Gasteiger charge is -2.10. The molecule has 0 fully saturated rings. The Labute approximate surface area is 98.1 Å². The number of nitriles is 1. The van der Waals surface area contributed by atoms with Gasteiger partial charge in [0.2, 0.25) is 0 Å². The standard InChI is InChI=1S/C12H10N4O/c13-6-11(9-4-2-1-3-5-9)16-12(17)10-7-14-15-8-10/h1-5,7-8,11H,(H,14,15)(H,16,17). The number of benzene rings is 1. The summed E-state index contributed by atoms with van der Waals surface area (Å²) in [5.41, 5.74) is 1.16. The van der Waals surface area contributed by atoms with Crippen molar-refractivity contribution in [3.63, 3.8) is 0 Å². The second-order valence-corrected chi connectivity index (χ2v) is 3.43. The van der Waals surface area contributed by atoms with Crippen LogP contribution in [-0.2, 0) is 0 Å². The van der Waals surface area contributed by atoms with E-state index in [-0.39, 0.29) is 5.91 Å². The largest absolute Gasteiger partial charge is 0.332 e. The molecule has 1 aromatic heterocycles. The first-order valence-corrected chi connectivity index (χ1v) is 5.05. The number of aromatic nitrogens is 2. The first-order valence-electron chi connectivity index (χ1n) is 5.05. The number of carbonyl (C=O) groups is 1. The molecule has 5 heteroatoms. The summed E-state index contributed by atoms with van der Waals surface area (Å²) >= 11 is 0. The van der Waals surface area contributed by atoms with Gasteiger partial charge in [-0.15, -0.1) is 0 Å². The Hall–Kier alpha value is -2.61. The van der Waals surface area contributed by atoms with E-state index in [0.717, 1.165) is 5.56 Å². The molecule has 2 aromatic rings. The monoisotopic (exact) mass is 226 g/mol. The van der Waals surface area contributed by atoms with Gasteiger partial charge in [0.15, 0.2) is 0 Å². The van der Waals surface area contributed by atoms with Gasteiger partial charge in [0.05, 0.1) is 17.8 Å². The van der Waals surface area contributed by atoms with Crippen molar-refractivity contribution >= 4 is 5.91 Å². The van der Waals surface area contributed by atoms with Gasteiger partial charge < -0.3 is 5.32 Å². The van der Waals surface area contributed by atoms with Crippen LogP contribution in [0.4, 0.5) is 0 Å². The Morgan fingerprint density at radius 3 is 2.76 bits per heavy atom. The predicted molar refractivity (Wildman–Crippen MR) is 60.8 cm³/mol. The Kier molecular flexibility index (Phi) is 3.17. The van der Waals surface area contributed by atoms with E-state index in [1.165, 1.54) is 12.4 Å². The molecule has 0 aliphatic rings. The molecular formula is C12H10N4O. The molecule has 2 rings (SSSR count). The maximum atomic E-state index is 11.7. The topological polar surface area (TPSA) is 81.6 Å². The van der Waals surface area contributed by atoms with Crippen molar-refractivity contribution in [3.8, 4) is 6.07 Å². The van der Waals surface area contributed by atoms with Gasteiger partial charge >= 0.3 is 0 Å². The van der Waals surface area contributed by atoms with Crippen molar-refractivity contribution < 1.29 is 4.79 Å². The maximum absolute atomic E-state index is 11.7. The smallest absolute Gasteiger partial charge is 0.255 e. The average molecular weight is 226 g/mol. The number of amides is 1. The molecule has 1 heterocycles. The highest BCUT2D eigenvalue weighted by atomic mass is 16.1. The third-order valence-electron chi connectivity index (χ3n) is 2.30. The van der Waals surface area contributed by atoms with Crippen molar-refractivity contribution in [2.45, 2.75) is 6.04 Å². The minimum Gasteiger partial charge on any atom is -0.332 e. The summed E-state index contributed by atoms with van der Waals surface area (Å²) in [4.78, 5) is 11.7. The van der Waals surface area contributed by atoms with E-state index in [9.17, 15) is 4.79 Å². The fourth-order valence-corrected chi connectivity index (χ4v) is 1.43. The van der Waals surface area contributed by atoms with Crippen LogP contribution in [0.15, 0.2) is 42.7 Å². The predicted octanol–water partition coefficient (Wildman–Crippen LogP) is 1.40. The molecule has 1 atom stereocenters. The van der Waals surface area contributed by atoms with Crippen molar-refractivity contribution in [3.05, 3.63) is 53.9 Å². The van der Waals surface area contributed by atoms with E-state index in [0.29, 0.717) is 5.56 Å². The lowest BCUT2D eigenvalue weighted by molar-refractivity contribution is 0.0945. The van der Waals surface area contributed by atoms with Crippen LogP contribution in [0.3, 0.4) is 0 Å². The highest BCUT2D eigenvalue weighted by molar-refractivity contribution is 5.94. The van der Waals surface area contributed by atoms with E-state index in [4.69, 9.17) is 5.26 Å². The summed E-state index contributed by atoms with van der Waals surface area (Å²) in [5, 5.41) is 17.9. The van der Waals surface area contributed by atoms with Crippen molar-refractivity contribution in [2.24, 2.45) is 0 Å². The van der Waals surface area contributed by atoms with E-state index in [2.05, 4.69) is 15.5 Å². The Morgan fingerprint density at radius 2 is 2.18 bits per heavy atom. The number of hydrogen-bond acceptors (Lipinski definition) is 3. The highest BCUT2D eigenvalue weighted by Crippen LogP contribution is 2.11. The van der Waals surface area contributed by atoms with Gasteiger partial charge in [-0.25, -0.2) is 0 Å². The zero-order valence-electron chi connectivity index (χ0n) is 8.92. The van der Waals surface area contributed by atoms with E-state index < -0.39 is 6.04 Å². The highest BCUT2D eigenvalue weighted by Gasteiger charge is 2.15. The lowest BCUT2D eigenvalue weighted by atomic mass is 10.1. The molecule has 0 saturated heterocycles. The first kappa shape index (κ1) is 10.9. The number of hydrogen-bond donors (Lipinski definition) is 2. The Balaban J connectivity index is 2.12. The minimum absolute atomic E-state index is 0.325. The minimum atomic E-state index is -0.654. The van der Waals surface area contributed by atoms with E-state index in [1.54, 1.807) is 12.1 Å². The van der Waals surface area contributed by atoms with Gasteiger partial charge in [-0.05, 0) is 5.56 Å². The summed E-state index contributed by atoms with van der Waals surface area (Å²) < 4.78 is 0. The van der Waals surface area contributed by atoms with Crippen molar-refractivity contribution in [1.29, 1.82) is 5.26 Å². The van der Waals surface area contributed by atoms with Gasteiger partial charge in [-0.1, -0.05) is 30.3 Å². The summed E-state index contributed by atoms with van der Waals surface area (Å²) in [6.45, 7) is 0. The molecular weight excluding hydrogens is 216 g/mol. The van der Waals surface area contributed by atoms with E-state index in [1.807, 2.05) is 24.3 Å². The van der Waals surface area contributed by atoms with Gasteiger partial charge in [0.25, 0.3) is 5.91 Å². The third-order valence-corrected chi connectivity index (χ3v) is 2.30. The van der Waals surface area contributed by atoms with Crippen LogP contribution in [0.5, 0.6) is 0 Å². The van der Waals surface area contributed by atoms with Gasteiger partial charge in [-0.3, -0.25) is 9.89 Å². The molecule has 1 amide bonds. The molecule has 0 aliphatic heterocycles. The summed E-state index contributed by atoms with van der Waals surface area (Å²) in [5.74, 6) is -0.325. The van der Waals surface area contributed by atoms with Gasteiger partial charge in [0, 0.05) is 6.20 Å². The van der Waals surface area contributed by atoms with Crippen LogP contribution < -0.4 is 5.32 Å². The molecule has 17 heavy (non-hydrogen) atoms. The first-order chi connectivity index (χ1) is 8.31. The van der Waals surface area contributed by atoms with Crippen molar-refractivity contribution in [2.75, 3.05) is 0 Å². The fraction of sp³-hybridized carbons (Fsp3) is 0.0833. The average Bonchev–Trinajstić information content (AvgIpc) is 2.90. The molecule has 2 N–H and O–H groups in total. The molecule has 5 nitrogen and oxygen atoms in total. The second kappa shape index (κ2) is 4.94. The van der Waals surface area contributed by atoms with Crippen LogP contribution in [-0.4, -0.2) is 16.1 Å². The van der Waals surface area contributed by atoms with Gasteiger partial charge in [-0.2, -0.15) is 10.4 Å². The molecule has 0 radical (unpaired) electrons. The Morgan fingerprint density at radius 1 is 1.41 bits per heavy atom. The number of nitrogens with zero attached hydrogens (tertiary/aromatic N) is 2. The summed E-state index contributed by atoms with van der Waals surface area (Å²) in [6, 6.07) is 10.5. The number of rotatable bonds is 3. The Bertz CT molecular complexity index is 527. The van der Waals surface area contributed by atoms with Crippen LogP contribution >= 0.6 is 0 Å². The molecule has 84 valence electrons. The van der Waals surface area contributed by atoms with Crippen LogP contribution in [0, 0.1) is 11.3 Å². The van der Waals surface area contributed by atoms with Crippen LogP contribution in [0.1, 0.15) is 22.0 Å². The fourth-order valence-electron chi connectivity index (χ4n) is 1.43. The second-order valence-electron chi connectivity index (χ2n) is 3.43. The maximum Gasteiger partial charge on any atom is 0.255 e. The molecule has 1 aromatic carbocycles. The summed E-state index contributed by atoms with van der Waals surface area (Å²) in [7, 11) is 0.